The SMILES string of the molecule is Cc1cc(NC(C)c2ccc(Cl)cc2Cl)n2ncnc2n1. The average Bonchev–Trinajstić information content (AvgIpc) is 2.86. The number of fused-ring (bicyclic) bond motifs is 1. The van der Waals surface area contributed by atoms with Crippen LogP contribution >= 0.6 is 23.2 Å². The summed E-state index contributed by atoms with van der Waals surface area (Å²) in [4.78, 5) is 8.42. The minimum Gasteiger partial charge on any atom is -0.363 e. The van der Waals surface area contributed by atoms with Crippen molar-refractivity contribution in [3.05, 3.63) is 51.9 Å². The summed E-state index contributed by atoms with van der Waals surface area (Å²) in [6.07, 6.45) is 1.48. The summed E-state index contributed by atoms with van der Waals surface area (Å²) in [6.45, 7) is 3.94. The van der Waals surface area contributed by atoms with E-state index in [9.17, 15) is 0 Å². The van der Waals surface area contributed by atoms with Crippen LogP contribution in [-0.4, -0.2) is 19.6 Å². The minimum atomic E-state index is -0.0102. The van der Waals surface area contributed by atoms with Crippen LogP contribution in [0.5, 0.6) is 0 Å². The average molecular weight is 322 g/mol. The first-order valence-electron chi connectivity index (χ1n) is 6.43. The Kier molecular flexibility index (Phi) is 3.69. The summed E-state index contributed by atoms with van der Waals surface area (Å²) in [5, 5.41) is 8.80. The van der Waals surface area contributed by atoms with Gasteiger partial charge in [-0.2, -0.15) is 14.6 Å². The second-order valence-electron chi connectivity index (χ2n) is 4.79. The Morgan fingerprint density at radius 3 is 2.81 bits per heavy atom. The molecule has 21 heavy (non-hydrogen) atoms. The fourth-order valence-electron chi connectivity index (χ4n) is 2.19. The van der Waals surface area contributed by atoms with Gasteiger partial charge < -0.3 is 5.32 Å². The second kappa shape index (κ2) is 5.50. The Hall–Kier alpha value is -1.85. The molecular weight excluding hydrogens is 309 g/mol. The third-order valence-corrected chi connectivity index (χ3v) is 3.74. The van der Waals surface area contributed by atoms with Gasteiger partial charge in [0, 0.05) is 21.8 Å². The van der Waals surface area contributed by atoms with Gasteiger partial charge in [-0.3, -0.25) is 0 Å². The first-order chi connectivity index (χ1) is 10.0. The molecule has 5 nitrogen and oxygen atoms in total. The number of anilines is 1. The minimum absolute atomic E-state index is 0.0102. The molecular formula is C14H13Cl2N5. The highest BCUT2D eigenvalue weighted by atomic mass is 35.5. The molecule has 0 aliphatic rings. The molecule has 0 amide bonds. The first kappa shape index (κ1) is 14.1. The van der Waals surface area contributed by atoms with Crippen LogP contribution in [-0.2, 0) is 0 Å². The lowest BCUT2D eigenvalue weighted by Gasteiger charge is -2.17. The lowest BCUT2D eigenvalue weighted by molar-refractivity contribution is 0.838. The van der Waals surface area contributed by atoms with Crippen LogP contribution in [0.15, 0.2) is 30.6 Å². The quantitative estimate of drug-likeness (QED) is 0.794. The monoisotopic (exact) mass is 321 g/mol. The van der Waals surface area contributed by atoms with Gasteiger partial charge in [-0.05, 0) is 31.5 Å². The lowest BCUT2D eigenvalue weighted by Crippen LogP contribution is -2.11. The summed E-state index contributed by atoms with van der Waals surface area (Å²) >= 11 is 12.2. The molecule has 108 valence electrons. The molecule has 2 heterocycles. The second-order valence-corrected chi connectivity index (χ2v) is 5.63. The number of nitrogens with one attached hydrogen (secondary N) is 1. The first-order valence-corrected chi connectivity index (χ1v) is 7.19. The summed E-state index contributed by atoms with van der Waals surface area (Å²) in [7, 11) is 0. The number of hydrogen-bond acceptors (Lipinski definition) is 4. The highest BCUT2D eigenvalue weighted by Crippen LogP contribution is 2.28. The Bertz CT molecular complexity index is 799. The molecule has 2 aromatic heterocycles. The van der Waals surface area contributed by atoms with E-state index in [0.717, 1.165) is 17.1 Å². The van der Waals surface area contributed by atoms with E-state index in [1.807, 2.05) is 32.0 Å². The van der Waals surface area contributed by atoms with Crippen molar-refractivity contribution in [2.24, 2.45) is 0 Å². The van der Waals surface area contributed by atoms with Gasteiger partial charge in [0.2, 0.25) is 0 Å². The van der Waals surface area contributed by atoms with Gasteiger partial charge in [-0.15, -0.1) is 0 Å². The van der Waals surface area contributed by atoms with E-state index < -0.39 is 0 Å². The highest BCUT2D eigenvalue weighted by molar-refractivity contribution is 6.35. The Labute approximate surface area is 131 Å². The van der Waals surface area contributed by atoms with Crippen molar-refractivity contribution in [2.75, 3.05) is 5.32 Å². The predicted octanol–water partition coefficient (Wildman–Crippen LogP) is 3.91. The number of hydrogen-bond donors (Lipinski definition) is 1. The van der Waals surface area contributed by atoms with Crippen molar-refractivity contribution in [1.29, 1.82) is 0 Å². The zero-order valence-electron chi connectivity index (χ0n) is 11.5. The molecule has 1 aromatic carbocycles. The van der Waals surface area contributed by atoms with Gasteiger partial charge >= 0.3 is 0 Å². The fourth-order valence-corrected chi connectivity index (χ4v) is 2.76. The van der Waals surface area contributed by atoms with Crippen LogP contribution in [0.2, 0.25) is 10.0 Å². The van der Waals surface area contributed by atoms with Crippen molar-refractivity contribution in [2.45, 2.75) is 19.9 Å². The molecule has 1 atom stereocenters. The van der Waals surface area contributed by atoms with Crippen LogP contribution in [0.4, 0.5) is 5.82 Å². The smallest absolute Gasteiger partial charge is 0.254 e. The van der Waals surface area contributed by atoms with Gasteiger partial charge in [-0.25, -0.2) is 4.98 Å². The Morgan fingerprint density at radius 2 is 2.05 bits per heavy atom. The van der Waals surface area contributed by atoms with E-state index in [4.69, 9.17) is 23.2 Å². The maximum Gasteiger partial charge on any atom is 0.254 e. The molecule has 0 spiro atoms. The van der Waals surface area contributed by atoms with E-state index in [2.05, 4.69) is 20.4 Å². The van der Waals surface area contributed by atoms with Crippen molar-refractivity contribution in [3.8, 4) is 0 Å². The molecule has 0 aliphatic carbocycles. The largest absolute Gasteiger partial charge is 0.363 e. The van der Waals surface area contributed by atoms with Crippen LogP contribution < -0.4 is 5.32 Å². The zero-order valence-corrected chi connectivity index (χ0v) is 13.0. The maximum absolute atomic E-state index is 6.25. The van der Waals surface area contributed by atoms with Gasteiger partial charge in [0.05, 0.1) is 6.04 Å². The van der Waals surface area contributed by atoms with Gasteiger partial charge in [0.1, 0.15) is 12.1 Å². The van der Waals surface area contributed by atoms with E-state index >= 15 is 0 Å². The maximum atomic E-state index is 6.25. The number of benzene rings is 1. The van der Waals surface area contributed by atoms with E-state index in [0.29, 0.717) is 15.8 Å². The lowest BCUT2D eigenvalue weighted by atomic mass is 10.1. The predicted molar refractivity (Wildman–Crippen MR) is 84.0 cm³/mol. The number of nitrogens with zero attached hydrogens (tertiary/aromatic N) is 4. The number of aryl methyl sites for hydroxylation is 1. The molecule has 0 saturated heterocycles. The molecule has 0 radical (unpaired) electrons. The Balaban J connectivity index is 1.96. The summed E-state index contributed by atoms with van der Waals surface area (Å²) in [5.74, 6) is 1.38. The molecule has 0 fully saturated rings. The normalized spacial score (nSPS) is 12.6. The number of aromatic nitrogens is 4. The van der Waals surface area contributed by atoms with Crippen molar-refractivity contribution < 1.29 is 0 Å². The van der Waals surface area contributed by atoms with Crippen LogP contribution in [0, 0.1) is 6.92 Å². The van der Waals surface area contributed by atoms with Gasteiger partial charge in [0.25, 0.3) is 5.78 Å². The molecule has 1 N–H and O–H groups in total. The molecule has 0 saturated carbocycles. The molecule has 3 rings (SSSR count). The number of rotatable bonds is 3. The topological polar surface area (TPSA) is 55.1 Å². The highest BCUT2D eigenvalue weighted by Gasteiger charge is 2.13. The van der Waals surface area contributed by atoms with E-state index in [1.165, 1.54) is 6.33 Å². The van der Waals surface area contributed by atoms with Crippen LogP contribution in [0.25, 0.3) is 5.78 Å². The Morgan fingerprint density at radius 1 is 1.24 bits per heavy atom. The molecule has 0 aliphatic heterocycles. The summed E-state index contributed by atoms with van der Waals surface area (Å²) < 4.78 is 1.66. The third kappa shape index (κ3) is 2.80. The third-order valence-electron chi connectivity index (χ3n) is 3.17. The molecule has 3 aromatic rings. The van der Waals surface area contributed by atoms with Gasteiger partial charge in [-0.1, -0.05) is 29.3 Å². The summed E-state index contributed by atoms with van der Waals surface area (Å²) in [6, 6.07) is 7.38. The van der Waals surface area contributed by atoms with Crippen LogP contribution in [0.1, 0.15) is 24.2 Å². The molecule has 1 unspecified atom stereocenters. The zero-order chi connectivity index (χ0) is 15.0. The summed E-state index contributed by atoms with van der Waals surface area (Å²) in [5.41, 5.74) is 1.83. The fraction of sp³-hybridized carbons (Fsp3) is 0.214. The molecule has 7 heteroatoms. The van der Waals surface area contributed by atoms with Crippen LogP contribution in [0.3, 0.4) is 0 Å². The van der Waals surface area contributed by atoms with E-state index in [1.54, 1.807) is 10.6 Å². The van der Waals surface area contributed by atoms with E-state index in [-0.39, 0.29) is 6.04 Å². The van der Waals surface area contributed by atoms with Crippen molar-refractivity contribution in [3.63, 3.8) is 0 Å². The standard InChI is InChI=1S/C14H13Cl2N5/c1-8-5-13(21-14(19-8)17-7-18-21)20-9(2)11-4-3-10(15)6-12(11)16/h3-7,9,20H,1-2H3. The van der Waals surface area contributed by atoms with Gasteiger partial charge in [0.15, 0.2) is 0 Å². The van der Waals surface area contributed by atoms with Crippen molar-refractivity contribution >= 4 is 34.8 Å². The van der Waals surface area contributed by atoms with Crippen molar-refractivity contribution in [1.82, 2.24) is 19.6 Å². The number of halogens is 2. The molecule has 0 bridgehead atoms.